The number of hydrogen-bond donors (Lipinski definition) is 2. The lowest BCUT2D eigenvalue weighted by molar-refractivity contribution is -0.151. The van der Waals surface area contributed by atoms with E-state index in [0.29, 0.717) is 6.54 Å². The second-order valence-electron chi connectivity index (χ2n) is 6.02. The number of piperazine rings is 1. The van der Waals surface area contributed by atoms with Crippen molar-refractivity contribution in [3.63, 3.8) is 0 Å². The van der Waals surface area contributed by atoms with Crippen molar-refractivity contribution in [1.82, 2.24) is 15.1 Å². The zero-order chi connectivity index (χ0) is 14.7. The third-order valence-electron chi connectivity index (χ3n) is 4.70. The van der Waals surface area contributed by atoms with E-state index in [4.69, 9.17) is 0 Å². The molecule has 0 amide bonds. The Balaban J connectivity index is 1.71. The molecule has 2 aliphatic heterocycles. The van der Waals surface area contributed by atoms with Gasteiger partial charge in [0.2, 0.25) is 0 Å². The van der Waals surface area contributed by atoms with Gasteiger partial charge in [-0.1, -0.05) is 30.3 Å². The molecule has 114 valence electrons. The van der Waals surface area contributed by atoms with Crippen LogP contribution in [0.2, 0.25) is 0 Å². The van der Waals surface area contributed by atoms with Gasteiger partial charge in [-0.3, -0.25) is 14.6 Å². The molecule has 1 aromatic carbocycles. The molecule has 0 saturated carbocycles. The third-order valence-corrected chi connectivity index (χ3v) is 4.70. The van der Waals surface area contributed by atoms with Gasteiger partial charge in [-0.2, -0.15) is 0 Å². The molecule has 0 radical (unpaired) electrons. The van der Waals surface area contributed by atoms with Crippen molar-refractivity contribution >= 4 is 5.97 Å². The maximum Gasteiger partial charge on any atom is 0.325 e. The Bertz CT molecular complexity index is 488. The number of carbonyl (C=O) groups is 1. The fourth-order valence-electron chi connectivity index (χ4n) is 3.51. The molecule has 2 N–H and O–H groups in total. The Labute approximate surface area is 125 Å². The highest BCUT2D eigenvalue weighted by Crippen LogP contribution is 2.30. The number of carboxylic acid groups (broad SMARTS) is 1. The molecule has 1 unspecified atom stereocenters. The Kier molecular flexibility index (Phi) is 4.24. The summed E-state index contributed by atoms with van der Waals surface area (Å²) in [5, 5.41) is 13.1. The number of nitrogens with one attached hydrogen (secondary N) is 1. The third kappa shape index (κ3) is 2.95. The topological polar surface area (TPSA) is 55.8 Å². The Morgan fingerprint density at radius 1 is 1.19 bits per heavy atom. The quantitative estimate of drug-likeness (QED) is 0.851. The average molecular weight is 289 g/mol. The number of nitrogens with zero attached hydrogens (tertiary/aromatic N) is 2. The predicted octanol–water partition coefficient (Wildman–Crippen LogP) is 0.621. The average Bonchev–Trinajstić information content (AvgIpc) is 2.94. The minimum atomic E-state index is -0.698. The second-order valence-corrected chi connectivity index (χ2v) is 6.02. The first-order valence-corrected chi connectivity index (χ1v) is 7.66. The normalized spacial score (nSPS) is 27.8. The molecular formula is C16H23N3O2. The van der Waals surface area contributed by atoms with Crippen LogP contribution in [0.5, 0.6) is 0 Å². The number of carboxylic acids is 1. The van der Waals surface area contributed by atoms with Crippen LogP contribution in [0.3, 0.4) is 0 Å². The number of hydrogen-bond acceptors (Lipinski definition) is 4. The van der Waals surface area contributed by atoms with Crippen molar-refractivity contribution in [2.24, 2.45) is 0 Å². The fourth-order valence-corrected chi connectivity index (χ4v) is 3.51. The summed E-state index contributed by atoms with van der Waals surface area (Å²) in [6.45, 7) is 5.72. The van der Waals surface area contributed by atoms with Crippen LogP contribution in [0.25, 0.3) is 0 Å². The van der Waals surface area contributed by atoms with Crippen molar-refractivity contribution in [1.29, 1.82) is 0 Å². The van der Waals surface area contributed by atoms with Crippen molar-refractivity contribution in [2.45, 2.75) is 18.5 Å². The zero-order valence-electron chi connectivity index (χ0n) is 12.3. The lowest BCUT2D eigenvalue weighted by Gasteiger charge is -2.40. The molecule has 5 heteroatoms. The lowest BCUT2D eigenvalue weighted by Crippen LogP contribution is -2.61. The number of likely N-dealkylation sites (tertiary alicyclic amines) is 1. The van der Waals surface area contributed by atoms with Gasteiger partial charge in [-0.05, 0) is 12.0 Å². The first-order chi connectivity index (χ1) is 10.2. The Hall–Kier alpha value is -1.43. The molecule has 1 aromatic rings. The van der Waals surface area contributed by atoms with E-state index in [-0.39, 0.29) is 0 Å². The molecule has 0 bridgehead atoms. The standard InChI is InChI=1S/C16H23N3O2/c20-15(21)16(19-10-7-17-8-11-19)6-9-18(13-16)12-14-4-2-1-3-5-14/h1-5,17H,6-13H2,(H,20,21). The number of benzene rings is 1. The SMILES string of the molecule is O=C(O)C1(N2CCNCC2)CCN(Cc2ccccc2)C1. The predicted molar refractivity (Wildman–Crippen MR) is 81.1 cm³/mol. The van der Waals surface area contributed by atoms with E-state index < -0.39 is 11.5 Å². The highest BCUT2D eigenvalue weighted by atomic mass is 16.4. The highest BCUT2D eigenvalue weighted by Gasteiger charge is 2.49. The lowest BCUT2D eigenvalue weighted by atomic mass is 9.95. The van der Waals surface area contributed by atoms with Gasteiger partial charge >= 0.3 is 5.97 Å². The molecule has 0 aliphatic carbocycles. The molecule has 0 spiro atoms. The van der Waals surface area contributed by atoms with E-state index in [0.717, 1.165) is 45.7 Å². The number of rotatable bonds is 4. The summed E-state index contributed by atoms with van der Waals surface area (Å²) in [5.41, 5.74) is 0.552. The van der Waals surface area contributed by atoms with E-state index in [9.17, 15) is 9.90 Å². The van der Waals surface area contributed by atoms with Crippen molar-refractivity contribution < 1.29 is 9.90 Å². The van der Waals surface area contributed by atoms with Crippen LogP contribution in [0.1, 0.15) is 12.0 Å². The maximum atomic E-state index is 11.9. The van der Waals surface area contributed by atoms with Crippen LogP contribution in [0, 0.1) is 0 Å². The maximum absolute atomic E-state index is 11.9. The first-order valence-electron chi connectivity index (χ1n) is 7.66. The highest BCUT2D eigenvalue weighted by molar-refractivity contribution is 5.79. The molecule has 2 fully saturated rings. The summed E-state index contributed by atoms with van der Waals surface area (Å²) in [6.07, 6.45) is 0.717. The molecule has 2 aliphatic rings. The summed E-state index contributed by atoms with van der Waals surface area (Å²) in [7, 11) is 0. The van der Waals surface area contributed by atoms with E-state index in [2.05, 4.69) is 27.2 Å². The van der Waals surface area contributed by atoms with Crippen LogP contribution in [-0.2, 0) is 11.3 Å². The van der Waals surface area contributed by atoms with Crippen LogP contribution in [-0.4, -0.2) is 65.7 Å². The van der Waals surface area contributed by atoms with E-state index in [1.165, 1.54) is 5.56 Å². The van der Waals surface area contributed by atoms with Gasteiger partial charge in [0.15, 0.2) is 0 Å². The van der Waals surface area contributed by atoms with Gasteiger partial charge < -0.3 is 10.4 Å². The van der Waals surface area contributed by atoms with Crippen LogP contribution in [0.15, 0.2) is 30.3 Å². The van der Waals surface area contributed by atoms with Crippen LogP contribution >= 0.6 is 0 Å². The molecule has 1 atom stereocenters. The molecule has 5 nitrogen and oxygen atoms in total. The van der Waals surface area contributed by atoms with Gasteiger partial charge in [0.1, 0.15) is 5.54 Å². The summed E-state index contributed by atoms with van der Waals surface area (Å²) in [6, 6.07) is 10.3. The second kappa shape index (κ2) is 6.13. The zero-order valence-corrected chi connectivity index (χ0v) is 12.3. The minimum Gasteiger partial charge on any atom is -0.480 e. The Morgan fingerprint density at radius 3 is 2.57 bits per heavy atom. The molecule has 2 saturated heterocycles. The smallest absolute Gasteiger partial charge is 0.325 e. The number of aliphatic carboxylic acids is 1. The largest absolute Gasteiger partial charge is 0.480 e. The van der Waals surface area contributed by atoms with E-state index in [1.54, 1.807) is 0 Å². The monoisotopic (exact) mass is 289 g/mol. The molecular weight excluding hydrogens is 266 g/mol. The minimum absolute atomic E-state index is 0.622. The summed E-state index contributed by atoms with van der Waals surface area (Å²) in [5.74, 6) is -0.667. The summed E-state index contributed by atoms with van der Waals surface area (Å²) < 4.78 is 0. The van der Waals surface area contributed by atoms with Crippen molar-refractivity contribution in [3.05, 3.63) is 35.9 Å². The van der Waals surface area contributed by atoms with Gasteiger partial charge in [-0.15, -0.1) is 0 Å². The molecule has 0 aromatic heterocycles. The molecule has 3 rings (SSSR count). The summed E-state index contributed by atoms with van der Waals surface area (Å²) in [4.78, 5) is 16.4. The van der Waals surface area contributed by atoms with Crippen LogP contribution in [0.4, 0.5) is 0 Å². The first kappa shape index (κ1) is 14.5. The Morgan fingerprint density at radius 2 is 1.90 bits per heavy atom. The van der Waals surface area contributed by atoms with Gasteiger partial charge in [0.05, 0.1) is 0 Å². The van der Waals surface area contributed by atoms with Crippen molar-refractivity contribution in [3.8, 4) is 0 Å². The van der Waals surface area contributed by atoms with E-state index >= 15 is 0 Å². The molecule has 21 heavy (non-hydrogen) atoms. The van der Waals surface area contributed by atoms with Gasteiger partial charge in [0, 0.05) is 45.8 Å². The molecule has 2 heterocycles. The summed E-state index contributed by atoms with van der Waals surface area (Å²) >= 11 is 0. The van der Waals surface area contributed by atoms with Gasteiger partial charge in [0.25, 0.3) is 0 Å². The van der Waals surface area contributed by atoms with Gasteiger partial charge in [-0.25, -0.2) is 0 Å². The van der Waals surface area contributed by atoms with Crippen molar-refractivity contribution in [2.75, 3.05) is 39.3 Å². The van der Waals surface area contributed by atoms with E-state index in [1.807, 2.05) is 18.2 Å². The van der Waals surface area contributed by atoms with Crippen LogP contribution < -0.4 is 5.32 Å². The fraction of sp³-hybridized carbons (Fsp3) is 0.562.